The molecule has 0 aromatic heterocycles. The summed E-state index contributed by atoms with van der Waals surface area (Å²) in [7, 11) is 2.45. The Kier molecular flexibility index (Phi) is 8.17. The summed E-state index contributed by atoms with van der Waals surface area (Å²) in [5.74, 6) is -3.35. The lowest BCUT2D eigenvalue weighted by molar-refractivity contribution is -0.162. The van der Waals surface area contributed by atoms with Crippen molar-refractivity contribution in [3.05, 3.63) is 71.8 Å². The topological polar surface area (TPSA) is 93.1 Å². The Labute approximate surface area is 164 Å². The normalized spacial score (nSPS) is 15.1. The molecule has 0 saturated carbocycles. The molecule has 0 heterocycles. The molecule has 0 amide bonds. The number of aliphatic hydroxyl groups excluding tert-OH is 2. The molecule has 0 saturated heterocycles. The van der Waals surface area contributed by atoms with E-state index in [4.69, 9.17) is 9.47 Å². The third kappa shape index (κ3) is 5.65. The molecule has 0 bridgehead atoms. The van der Waals surface area contributed by atoms with E-state index in [1.807, 2.05) is 60.7 Å². The fourth-order valence-corrected chi connectivity index (χ4v) is 3.20. The molecule has 6 nitrogen and oxygen atoms in total. The van der Waals surface area contributed by atoms with E-state index >= 15 is 0 Å². The van der Waals surface area contributed by atoms with Gasteiger partial charge in [0, 0.05) is 0 Å². The van der Waals surface area contributed by atoms with Crippen LogP contribution in [0.2, 0.25) is 0 Å². The lowest BCUT2D eigenvalue weighted by Gasteiger charge is -2.29. The highest BCUT2D eigenvalue weighted by Crippen LogP contribution is 2.24. The maximum absolute atomic E-state index is 12.3. The molecule has 28 heavy (non-hydrogen) atoms. The summed E-state index contributed by atoms with van der Waals surface area (Å²) in [6.45, 7) is 0. The van der Waals surface area contributed by atoms with Gasteiger partial charge in [0.2, 0.25) is 0 Å². The molecule has 0 radical (unpaired) electrons. The number of ether oxygens (including phenoxy) is 2. The van der Waals surface area contributed by atoms with Crippen LogP contribution in [-0.2, 0) is 31.9 Å². The average molecular weight is 386 g/mol. The van der Waals surface area contributed by atoms with Gasteiger partial charge < -0.3 is 19.7 Å². The van der Waals surface area contributed by atoms with E-state index in [2.05, 4.69) is 0 Å². The summed E-state index contributed by atoms with van der Waals surface area (Å²) in [6.07, 6.45) is -2.66. The van der Waals surface area contributed by atoms with Crippen LogP contribution < -0.4 is 0 Å². The number of rotatable bonds is 9. The van der Waals surface area contributed by atoms with Crippen LogP contribution in [0.15, 0.2) is 60.7 Å². The molecule has 2 aromatic carbocycles. The number of hydrogen-bond acceptors (Lipinski definition) is 6. The maximum atomic E-state index is 12.3. The summed E-state index contributed by atoms with van der Waals surface area (Å²) in [5, 5.41) is 21.5. The van der Waals surface area contributed by atoms with Crippen molar-refractivity contribution < 1.29 is 29.3 Å². The van der Waals surface area contributed by atoms with Gasteiger partial charge in [-0.05, 0) is 24.0 Å². The molecule has 150 valence electrons. The van der Waals surface area contributed by atoms with Gasteiger partial charge in [-0.15, -0.1) is 0 Å². The van der Waals surface area contributed by atoms with Crippen LogP contribution in [0, 0.1) is 11.8 Å². The third-order valence-corrected chi connectivity index (χ3v) is 4.78. The summed E-state index contributed by atoms with van der Waals surface area (Å²) < 4.78 is 9.63. The Morgan fingerprint density at radius 2 is 1.04 bits per heavy atom. The molecule has 0 aliphatic rings. The van der Waals surface area contributed by atoms with Crippen molar-refractivity contribution in [1.82, 2.24) is 0 Å². The second-order valence-corrected chi connectivity index (χ2v) is 6.62. The van der Waals surface area contributed by atoms with Gasteiger partial charge in [0.15, 0.2) is 0 Å². The van der Waals surface area contributed by atoms with Crippen molar-refractivity contribution in [1.29, 1.82) is 0 Å². The van der Waals surface area contributed by atoms with Gasteiger partial charge in [0.05, 0.1) is 38.3 Å². The first-order valence-corrected chi connectivity index (χ1v) is 9.07. The third-order valence-electron chi connectivity index (χ3n) is 4.78. The fourth-order valence-electron chi connectivity index (χ4n) is 3.20. The zero-order valence-electron chi connectivity index (χ0n) is 16.0. The lowest BCUT2D eigenvalue weighted by Crippen LogP contribution is -2.46. The predicted molar refractivity (Wildman–Crippen MR) is 103 cm³/mol. The molecule has 0 spiro atoms. The zero-order valence-corrected chi connectivity index (χ0v) is 16.0. The molecule has 0 fully saturated rings. The summed E-state index contributed by atoms with van der Waals surface area (Å²) in [6, 6.07) is 18.2. The Bertz CT molecular complexity index is 681. The van der Waals surface area contributed by atoms with Crippen molar-refractivity contribution in [2.75, 3.05) is 14.2 Å². The van der Waals surface area contributed by atoms with E-state index in [-0.39, 0.29) is 12.8 Å². The van der Waals surface area contributed by atoms with Crippen LogP contribution in [0.1, 0.15) is 11.1 Å². The molecule has 2 aromatic rings. The minimum Gasteiger partial charge on any atom is -0.469 e. The average Bonchev–Trinajstić information content (AvgIpc) is 2.75. The number of esters is 2. The van der Waals surface area contributed by atoms with E-state index in [1.54, 1.807) is 0 Å². The van der Waals surface area contributed by atoms with E-state index in [1.165, 1.54) is 14.2 Å². The van der Waals surface area contributed by atoms with Crippen LogP contribution in [0.3, 0.4) is 0 Å². The Morgan fingerprint density at radius 3 is 1.32 bits per heavy atom. The van der Waals surface area contributed by atoms with Crippen LogP contribution in [-0.4, -0.2) is 48.6 Å². The molecule has 0 aliphatic carbocycles. The van der Waals surface area contributed by atoms with E-state index in [0.717, 1.165) is 11.1 Å². The minimum absolute atomic E-state index is 0.172. The summed E-state index contributed by atoms with van der Waals surface area (Å²) >= 11 is 0. The number of aliphatic hydroxyl groups is 2. The SMILES string of the molecule is COC(=O)C(Cc1ccccc1)C(O)C(O)C(Cc1ccccc1)C(=O)OC. The van der Waals surface area contributed by atoms with E-state index in [0.29, 0.717) is 0 Å². The van der Waals surface area contributed by atoms with Crippen molar-refractivity contribution in [3.63, 3.8) is 0 Å². The molecular formula is C22H26O6. The Hall–Kier alpha value is -2.70. The quantitative estimate of drug-likeness (QED) is 0.638. The molecule has 2 rings (SSSR count). The van der Waals surface area contributed by atoms with Crippen LogP contribution in [0.25, 0.3) is 0 Å². The molecule has 4 unspecified atom stereocenters. The molecule has 0 aliphatic heterocycles. The van der Waals surface area contributed by atoms with Crippen molar-refractivity contribution >= 4 is 11.9 Å². The van der Waals surface area contributed by atoms with E-state index < -0.39 is 36.0 Å². The summed E-state index contributed by atoms with van der Waals surface area (Å²) in [4.78, 5) is 24.5. The molecular weight excluding hydrogens is 360 g/mol. The van der Waals surface area contributed by atoms with Crippen LogP contribution >= 0.6 is 0 Å². The lowest BCUT2D eigenvalue weighted by atomic mass is 9.83. The van der Waals surface area contributed by atoms with Gasteiger partial charge in [-0.2, -0.15) is 0 Å². The number of hydrogen-bond donors (Lipinski definition) is 2. The molecule has 2 N–H and O–H groups in total. The van der Waals surface area contributed by atoms with Crippen LogP contribution in [0.4, 0.5) is 0 Å². The zero-order chi connectivity index (χ0) is 20.5. The number of benzene rings is 2. The van der Waals surface area contributed by atoms with Crippen LogP contribution in [0.5, 0.6) is 0 Å². The van der Waals surface area contributed by atoms with Crippen molar-refractivity contribution in [2.24, 2.45) is 11.8 Å². The number of carbonyl (C=O) groups excluding carboxylic acids is 2. The maximum Gasteiger partial charge on any atom is 0.311 e. The highest BCUT2D eigenvalue weighted by molar-refractivity contribution is 5.75. The largest absolute Gasteiger partial charge is 0.469 e. The van der Waals surface area contributed by atoms with Crippen molar-refractivity contribution in [2.45, 2.75) is 25.0 Å². The predicted octanol–water partition coefficient (Wildman–Crippen LogP) is 1.77. The van der Waals surface area contributed by atoms with Crippen molar-refractivity contribution in [3.8, 4) is 0 Å². The number of carbonyl (C=O) groups is 2. The minimum atomic E-state index is -1.50. The summed E-state index contributed by atoms with van der Waals surface area (Å²) in [5.41, 5.74) is 1.61. The van der Waals surface area contributed by atoms with Gasteiger partial charge in [0.25, 0.3) is 0 Å². The number of methoxy groups -OCH3 is 2. The monoisotopic (exact) mass is 386 g/mol. The highest BCUT2D eigenvalue weighted by atomic mass is 16.5. The molecule has 6 heteroatoms. The first kappa shape index (κ1) is 21.6. The molecule has 4 atom stereocenters. The highest BCUT2D eigenvalue weighted by Gasteiger charge is 2.40. The van der Waals surface area contributed by atoms with Gasteiger partial charge in [-0.3, -0.25) is 9.59 Å². The van der Waals surface area contributed by atoms with Gasteiger partial charge in [0.1, 0.15) is 0 Å². The fraction of sp³-hybridized carbons (Fsp3) is 0.364. The second kappa shape index (κ2) is 10.6. The van der Waals surface area contributed by atoms with Gasteiger partial charge in [-0.25, -0.2) is 0 Å². The Balaban J connectivity index is 2.24. The standard InChI is InChI=1S/C22H26O6/c1-27-21(25)17(13-15-9-5-3-6-10-15)19(23)20(24)18(22(26)28-2)14-16-11-7-4-8-12-16/h3-12,17-20,23-24H,13-14H2,1-2H3. The van der Waals surface area contributed by atoms with Gasteiger partial charge in [-0.1, -0.05) is 60.7 Å². The second-order valence-electron chi connectivity index (χ2n) is 6.62. The van der Waals surface area contributed by atoms with Gasteiger partial charge >= 0.3 is 11.9 Å². The van der Waals surface area contributed by atoms with E-state index in [9.17, 15) is 19.8 Å². The Morgan fingerprint density at radius 1 is 0.714 bits per heavy atom. The first-order chi connectivity index (χ1) is 13.5. The smallest absolute Gasteiger partial charge is 0.311 e. The first-order valence-electron chi connectivity index (χ1n) is 9.07.